The van der Waals surface area contributed by atoms with Crippen molar-refractivity contribution in [3.05, 3.63) is 30.1 Å². The Bertz CT molecular complexity index is 502. The van der Waals surface area contributed by atoms with E-state index in [1.54, 1.807) is 11.1 Å². The monoisotopic (exact) mass is 290 g/mol. The molecular weight excluding hydrogens is 268 g/mol. The SMILES string of the molecule is CC(C)N(Cc1ccccn1)C(=O)C1CCC(C(=O)O)C1. The Morgan fingerprint density at radius 3 is 2.57 bits per heavy atom. The molecule has 5 heteroatoms. The van der Waals surface area contributed by atoms with Crippen LogP contribution in [-0.4, -0.2) is 32.9 Å². The van der Waals surface area contributed by atoms with E-state index >= 15 is 0 Å². The van der Waals surface area contributed by atoms with Gasteiger partial charge in [0.05, 0.1) is 18.2 Å². The van der Waals surface area contributed by atoms with E-state index in [4.69, 9.17) is 5.11 Å². The predicted molar refractivity (Wildman–Crippen MR) is 78.4 cm³/mol. The molecule has 1 saturated carbocycles. The minimum Gasteiger partial charge on any atom is -0.481 e. The highest BCUT2D eigenvalue weighted by Gasteiger charge is 2.36. The fraction of sp³-hybridized carbons (Fsp3) is 0.562. The second-order valence-corrected chi connectivity index (χ2v) is 5.93. The zero-order valence-electron chi connectivity index (χ0n) is 12.5. The topological polar surface area (TPSA) is 70.5 Å². The Hall–Kier alpha value is -1.91. The number of rotatable bonds is 5. The quantitative estimate of drug-likeness (QED) is 0.903. The van der Waals surface area contributed by atoms with Gasteiger partial charge in [0.2, 0.25) is 5.91 Å². The molecular formula is C16H22N2O3. The van der Waals surface area contributed by atoms with Gasteiger partial charge in [0.1, 0.15) is 0 Å². The maximum atomic E-state index is 12.7. The number of carbonyl (C=O) groups excluding carboxylic acids is 1. The van der Waals surface area contributed by atoms with Gasteiger partial charge in [-0.25, -0.2) is 0 Å². The zero-order chi connectivity index (χ0) is 15.4. The van der Waals surface area contributed by atoms with E-state index in [0.29, 0.717) is 25.8 Å². The van der Waals surface area contributed by atoms with Crippen molar-refractivity contribution in [1.82, 2.24) is 9.88 Å². The molecule has 2 rings (SSSR count). The number of carboxylic acids is 1. The molecule has 0 aliphatic heterocycles. The molecule has 0 saturated heterocycles. The number of aromatic nitrogens is 1. The summed E-state index contributed by atoms with van der Waals surface area (Å²) < 4.78 is 0. The number of carboxylic acid groups (broad SMARTS) is 1. The lowest BCUT2D eigenvalue weighted by Crippen LogP contribution is -2.40. The molecule has 1 aliphatic rings. The summed E-state index contributed by atoms with van der Waals surface area (Å²) in [7, 11) is 0. The molecule has 0 spiro atoms. The molecule has 5 nitrogen and oxygen atoms in total. The normalized spacial score (nSPS) is 21.5. The first-order valence-corrected chi connectivity index (χ1v) is 7.42. The number of amides is 1. The van der Waals surface area contributed by atoms with Crippen molar-refractivity contribution in [2.75, 3.05) is 0 Å². The van der Waals surface area contributed by atoms with Crippen LogP contribution in [0.15, 0.2) is 24.4 Å². The van der Waals surface area contributed by atoms with Crippen molar-refractivity contribution < 1.29 is 14.7 Å². The number of hydrogen-bond donors (Lipinski definition) is 1. The largest absolute Gasteiger partial charge is 0.481 e. The van der Waals surface area contributed by atoms with Crippen LogP contribution in [0.5, 0.6) is 0 Å². The molecule has 0 aromatic carbocycles. The average molecular weight is 290 g/mol. The number of nitrogens with zero attached hydrogens (tertiary/aromatic N) is 2. The fourth-order valence-electron chi connectivity index (χ4n) is 2.85. The van der Waals surface area contributed by atoms with Gasteiger partial charge in [0, 0.05) is 18.2 Å². The second-order valence-electron chi connectivity index (χ2n) is 5.93. The molecule has 0 bridgehead atoms. The maximum Gasteiger partial charge on any atom is 0.306 e. The summed E-state index contributed by atoms with van der Waals surface area (Å²) in [5.74, 6) is -1.27. The molecule has 21 heavy (non-hydrogen) atoms. The summed E-state index contributed by atoms with van der Waals surface area (Å²) in [6.45, 7) is 4.43. The van der Waals surface area contributed by atoms with E-state index in [2.05, 4.69) is 4.98 Å². The zero-order valence-corrected chi connectivity index (χ0v) is 12.5. The summed E-state index contributed by atoms with van der Waals surface area (Å²) >= 11 is 0. The Morgan fingerprint density at radius 1 is 1.33 bits per heavy atom. The minimum atomic E-state index is -0.786. The lowest BCUT2D eigenvalue weighted by Gasteiger charge is -2.29. The van der Waals surface area contributed by atoms with Gasteiger partial charge in [-0.3, -0.25) is 14.6 Å². The van der Waals surface area contributed by atoms with Crippen molar-refractivity contribution in [3.8, 4) is 0 Å². The minimum absolute atomic E-state index is 0.0550. The first-order valence-electron chi connectivity index (χ1n) is 7.42. The molecule has 2 unspecified atom stereocenters. The van der Waals surface area contributed by atoms with E-state index in [9.17, 15) is 9.59 Å². The summed E-state index contributed by atoms with van der Waals surface area (Å²) in [4.78, 5) is 29.8. The Labute approximate surface area is 125 Å². The van der Waals surface area contributed by atoms with Crippen LogP contribution in [0.3, 0.4) is 0 Å². The first kappa shape index (κ1) is 15.5. The maximum absolute atomic E-state index is 12.7. The second kappa shape index (κ2) is 6.70. The lowest BCUT2D eigenvalue weighted by atomic mass is 10.0. The van der Waals surface area contributed by atoms with Gasteiger partial charge in [-0.2, -0.15) is 0 Å². The fourth-order valence-corrected chi connectivity index (χ4v) is 2.85. The van der Waals surface area contributed by atoms with Crippen molar-refractivity contribution >= 4 is 11.9 Å². The predicted octanol–water partition coefficient (Wildman–Crippen LogP) is 2.32. The van der Waals surface area contributed by atoms with Crippen LogP contribution < -0.4 is 0 Å². The molecule has 1 aromatic rings. The standard InChI is InChI=1S/C16H22N2O3/c1-11(2)18(10-14-5-3-4-8-17-14)15(19)12-6-7-13(9-12)16(20)21/h3-5,8,11-13H,6-7,9-10H2,1-2H3,(H,20,21). The highest BCUT2D eigenvalue weighted by Crippen LogP contribution is 2.33. The van der Waals surface area contributed by atoms with Gasteiger partial charge in [0.15, 0.2) is 0 Å². The third-order valence-corrected chi connectivity index (χ3v) is 4.10. The van der Waals surface area contributed by atoms with Crippen LogP contribution >= 0.6 is 0 Å². The number of pyridine rings is 1. The van der Waals surface area contributed by atoms with E-state index < -0.39 is 5.97 Å². The van der Waals surface area contributed by atoms with Gasteiger partial charge >= 0.3 is 5.97 Å². The molecule has 1 fully saturated rings. The van der Waals surface area contributed by atoms with Crippen LogP contribution in [0.1, 0.15) is 38.8 Å². The van der Waals surface area contributed by atoms with E-state index in [0.717, 1.165) is 5.69 Å². The van der Waals surface area contributed by atoms with Crippen LogP contribution in [-0.2, 0) is 16.1 Å². The molecule has 1 aliphatic carbocycles. The summed E-state index contributed by atoms with van der Waals surface area (Å²) in [6, 6.07) is 5.72. The van der Waals surface area contributed by atoms with Gasteiger partial charge in [-0.05, 0) is 45.2 Å². The van der Waals surface area contributed by atoms with Crippen LogP contribution in [0.4, 0.5) is 0 Å². The summed E-state index contributed by atoms with van der Waals surface area (Å²) in [5.41, 5.74) is 0.854. The van der Waals surface area contributed by atoms with E-state index in [-0.39, 0.29) is 23.8 Å². The average Bonchev–Trinajstić information content (AvgIpc) is 2.95. The molecule has 114 valence electrons. The molecule has 0 radical (unpaired) electrons. The Kier molecular flexibility index (Phi) is 4.94. The first-order chi connectivity index (χ1) is 9.99. The Balaban J connectivity index is 2.05. The van der Waals surface area contributed by atoms with E-state index in [1.165, 1.54) is 0 Å². The lowest BCUT2D eigenvalue weighted by molar-refractivity contribution is -0.142. The molecule has 1 amide bonds. The third-order valence-electron chi connectivity index (χ3n) is 4.10. The van der Waals surface area contributed by atoms with Gasteiger partial charge < -0.3 is 10.0 Å². The highest BCUT2D eigenvalue weighted by molar-refractivity contribution is 5.81. The van der Waals surface area contributed by atoms with Crippen molar-refractivity contribution in [1.29, 1.82) is 0 Å². The number of hydrogen-bond acceptors (Lipinski definition) is 3. The van der Waals surface area contributed by atoms with Crippen LogP contribution in [0.25, 0.3) is 0 Å². The molecule has 2 atom stereocenters. The van der Waals surface area contributed by atoms with Crippen LogP contribution in [0.2, 0.25) is 0 Å². The summed E-state index contributed by atoms with van der Waals surface area (Å²) in [6.07, 6.45) is 3.44. The van der Waals surface area contributed by atoms with Crippen LogP contribution in [0, 0.1) is 11.8 Å². The number of carbonyl (C=O) groups is 2. The van der Waals surface area contributed by atoms with Crippen molar-refractivity contribution in [2.24, 2.45) is 11.8 Å². The summed E-state index contributed by atoms with van der Waals surface area (Å²) in [5, 5.41) is 9.06. The molecule has 1 aromatic heterocycles. The van der Waals surface area contributed by atoms with Gasteiger partial charge in [0.25, 0.3) is 0 Å². The highest BCUT2D eigenvalue weighted by atomic mass is 16.4. The molecule has 1 N–H and O–H groups in total. The number of aliphatic carboxylic acids is 1. The van der Waals surface area contributed by atoms with Gasteiger partial charge in [-0.1, -0.05) is 6.07 Å². The van der Waals surface area contributed by atoms with Crippen molar-refractivity contribution in [3.63, 3.8) is 0 Å². The van der Waals surface area contributed by atoms with E-state index in [1.807, 2.05) is 32.0 Å². The van der Waals surface area contributed by atoms with Gasteiger partial charge in [-0.15, -0.1) is 0 Å². The third kappa shape index (κ3) is 3.80. The molecule has 1 heterocycles. The smallest absolute Gasteiger partial charge is 0.306 e. The van der Waals surface area contributed by atoms with Crippen molar-refractivity contribution in [2.45, 2.75) is 45.7 Å². The Morgan fingerprint density at radius 2 is 2.05 bits per heavy atom.